The van der Waals surface area contributed by atoms with Crippen LogP contribution in [-0.4, -0.2) is 41.0 Å². The number of aromatic amines is 1. The van der Waals surface area contributed by atoms with E-state index < -0.39 is 18.4 Å². The molecule has 7 heteroatoms. The number of amides is 2. The molecule has 7 nitrogen and oxygen atoms in total. The number of nitrogens with one attached hydrogen (secondary N) is 3. The van der Waals surface area contributed by atoms with E-state index in [1.165, 1.54) is 0 Å². The molecule has 0 saturated carbocycles. The zero-order chi connectivity index (χ0) is 15.4. The van der Waals surface area contributed by atoms with Crippen LogP contribution in [0.15, 0.2) is 24.3 Å². The lowest BCUT2D eigenvalue weighted by molar-refractivity contribution is -0.137. The van der Waals surface area contributed by atoms with Crippen LogP contribution in [0.3, 0.4) is 0 Å². The van der Waals surface area contributed by atoms with Gasteiger partial charge < -0.3 is 20.7 Å². The summed E-state index contributed by atoms with van der Waals surface area (Å²) in [7, 11) is 0. The van der Waals surface area contributed by atoms with Crippen LogP contribution in [0.1, 0.15) is 16.1 Å². The second kappa shape index (κ2) is 6.08. The molecular weight excluding hydrogens is 274 g/mol. The average Bonchev–Trinajstić information content (AvgIpc) is 2.78. The molecule has 2 amide bonds. The van der Waals surface area contributed by atoms with Crippen molar-refractivity contribution in [3.8, 4) is 0 Å². The van der Waals surface area contributed by atoms with E-state index in [0.717, 1.165) is 10.9 Å². The van der Waals surface area contributed by atoms with Crippen molar-refractivity contribution < 1.29 is 19.5 Å². The molecule has 2 aromatic rings. The molecule has 0 saturated heterocycles. The molecular formula is C14H15N3O4. The van der Waals surface area contributed by atoms with Crippen LogP contribution in [0, 0.1) is 6.92 Å². The molecule has 4 N–H and O–H groups in total. The fourth-order valence-electron chi connectivity index (χ4n) is 2.05. The number of aromatic nitrogens is 1. The third-order valence-electron chi connectivity index (χ3n) is 2.97. The van der Waals surface area contributed by atoms with Crippen molar-refractivity contribution in [2.45, 2.75) is 6.92 Å². The van der Waals surface area contributed by atoms with Crippen molar-refractivity contribution in [2.24, 2.45) is 0 Å². The Morgan fingerprint density at radius 1 is 1.14 bits per heavy atom. The number of H-pyrrole nitrogens is 1. The van der Waals surface area contributed by atoms with Crippen molar-refractivity contribution in [2.75, 3.05) is 13.1 Å². The van der Waals surface area contributed by atoms with Crippen LogP contribution in [0.5, 0.6) is 0 Å². The highest BCUT2D eigenvalue weighted by Gasteiger charge is 2.16. The monoisotopic (exact) mass is 289 g/mol. The lowest BCUT2D eigenvalue weighted by Gasteiger charge is -2.05. The molecule has 1 aromatic carbocycles. The van der Waals surface area contributed by atoms with Gasteiger partial charge in [0.25, 0.3) is 5.91 Å². The van der Waals surface area contributed by atoms with Gasteiger partial charge in [0.15, 0.2) is 0 Å². The zero-order valence-electron chi connectivity index (χ0n) is 11.4. The number of aliphatic carboxylic acids is 1. The number of carbonyl (C=O) groups excluding carboxylic acids is 2. The van der Waals surface area contributed by atoms with E-state index in [2.05, 4.69) is 15.6 Å². The maximum Gasteiger partial charge on any atom is 0.322 e. The molecule has 0 aliphatic heterocycles. The van der Waals surface area contributed by atoms with Crippen molar-refractivity contribution in [1.82, 2.24) is 15.6 Å². The SMILES string of the molecule is Cc1[nH]c2ccccc2c1C(=O)NCC(=O)NCC(=O)O. The summed E-state index contributed by atoms with van der Waals surface area (Å²) < 4.78 is 0. The van der Waals surface area contributed by atoms with Crippen molar-refractivity contribution in [3.05, 3.63) is 35.5 Å². The van der Waals surface area contributed by atoms with Gasteiger partial charge in [-0.15, -0.1) is 0 Å². The maximum atomic E-state index is 12.2. The molecule has 0 spiro atoms. The van der Waals surface area contributed by atoms with Gasteiger partial charge >= 0.3 is 5.97 Å². The summed E-state index contributed by atoms with van der Waals surface area (Å²) in [6.07, 6.45) is 0. The van der Waals surface area contributed by atoms with Crippen molar-refractivity contribution in [1.29, 1.82) is 0 Å². The van der Waals surface area contributed by atoms with E-state index in [-0.39, 0.29) is 12.5 Å². The number of carboxylic acids is 1. The first kappa shape index (κ1) is 14.6. The predicted molar refractivity (Wildman–Crippen MR) is 76.0 cm³/mol. The van der Waals surface area contributed by atoms with E-state index in [1.807, 2.05) is 24.3 Å². The standard InChI is InChI=1S/C14H15N3O4/c1-8-13(9-4-2-3-5-10(9)17-8)14(21)16-6-11(18)15-7-12(19)20/h2-5,17H,6-7H2,1H3,(H,15,18)(H,16,21)(H,19,20). The highest BCUT2D eigenvalue weighted by molar-refractivity contribution is 6.08. The number of hydrogen-bond donors (Lipinski definition) is 4. The summed E-state index contributed by atoms with van der Waals surface area (Å²) >= 11 is 0. The van der Waals surface area contributed by atoms with Crippen LogP contribution in [-0.2, 0) is 9.59 Å². The Balaban J connectivity index is 2.04. The largest absolute Gasteiger partial charge is 0.480 e. The number of carbonyl (C=O) groups is 3. The topological polar surface area (TPSA) is 111 Å². The molecule has 1 aromatic heterocycles. The molecule has 0 aliphatic carbocycles. The summed E-state index contributed by atoms with van der Waals surface area (Å²) in [5.41, 5.74) is 2.03. The molecule has 0 radical (unpaired) electrons. The Labute approximate surface area is 120 Å². The van der Waals surface area contributed by atoms with Crippen LogP contribution in [0.2, 0.25) is 0 Å². The van der Waals surface area contributed by atoms with Gasteiger partial charge in [0.05, 0.1) is 12.1 Å². The number of carboxylic acid groups (broad SMARTS) is 1. The summed E-state index contributed by atoms with van der Waals surface area (Å²) in [6, 6.07) is 7.36. The summed E-state index contributed by atoms with van der Waals surface area (Å²) in [5.74, 6) is -2.07. The highest BCUT2D eigenvalue weighted by atomic mass is 16.4. The van der Waals surface area contributed by atoms with Gasteiger partial charge in [-0.2, -0.15) is 0 Å². The quantitative estimate of drug-likeness (QED) is 0.638. The summed E-state index contributed by atoms with van der Waals surface area (Å²) in [4.78, 5) is 36.9. The zero-order valence-corrected chi connectivity index (χ0v) is 11.4. The van der Waals surface area contributed by atoms with Crippen molar-refractivity contribution >= 4 is 28.7 Å². The number of hydrogen-bond acceptors (Lipinski definition) is 3. The summed E-state index contributed by atoms with van der Waals surface area (Å²) in [5, 5.41) is 13.9. The molecule has 0 atom stereocenters. The van der Waals surface area contributed by atoms with Crippen LogP contribution in [0.4, 0.5) is 0 Å². The molecule has 110 valence electrons. The van der Waals surface area contributed by atoms with E-state index in [0.29, 0.717) is 11.3 Å². The fraction of sp³-hybridized carbons (Fsp3) is 0.214. The van der Waals surface area contributed by atoms with Crippen LogP contribution >= 0.6 is 0 Å². The van der Waals surface area contributed by atoms with Gasteiger partial charge in [-0.1, -0.05) is 18.2 Å². The van der Waals surface area contributed by atoms with Gasteiger partial charge in [0.2, 0.25) is 5.91 Å². The van der Waals surface area contributed by atoms with Crippen molar-refractivity contribution in [3.63, 3.8) is 0 Å². The number of fused-ring (bicyclic) bond motifs is 1. The molecule has 1 heterocycles. The first-order valence-electron chi connectivity index (χ1n) is 6.33. The van der Waals surface area contributed by atoms with Gasteiger partial charge in [0, 0.05) is 16.6 Å². The molecule has 0 aliphatic rings. The average molecular weight is 289 g/mol. The Kier molecular flexibility index (Phi) is 4.22. The third-order valence-corrected chi connectivity index (χ3v) is 2.97. The van der Waals surface area contributed by atoms with E-state index in [1.54, 1.807) is 6.92 Å². The molecule has 0 bridgehead atoms. The van der Waals surface area contributed by atoms with Gasteiger partial charge in [0.1, 0.15) is 6.54 Å². The number of benzene rings is 1. The minimum Gasteiger partial charge on any atom is -0.480 e. The fourth-order valence-corrected chi connectivity index (χ4v) is 2.05. The van der Waals surface area contributed by atoms with Gasteiger partial charge in [-0.25, -0.2) is 0 Å². The Morgan fingerprint density at radius 3 is 2.57 bits per heavy atom. The Hall–Kier alpha value is -2.83. The Morgan fingerprint density at radius 2 is 1.86 bits per heavy atom. The molecule has 0 fully saturated rings. The van der Waals surface area contributed by atoms with E-state index in [4.69, 9.17) is 5.11 Å². The molecule has 21 heavy (non-hydrogen) atoms. The maximum absolute atomic E-state index is 12.2. The number of para-hydroxylation sites is 1. The number of aryl methyl sites for hydroxylation is 1. The smallest absolute Gasteiger partial charge is 0.322 e. The summed E-state index contributed by atoms with van der Waals surface area (Å²) in [6.45, 7) is 1.03. The normalized spacial score (nSPS) is 10.3. The van der Waals surface area contributed by atoms with Gasteiger partial charge in [-0.05, 0) is 13.0 Å². The first-order valence-corrected chi connectivity index (χ1v) is 6.33. The van der Waals surface area contributed by atoms with Crippen LogP contribution in [0.25, 0.3) is 10.9 Å². The second-order valence-electron chi connectivity index (χ2n) is 4.52. The second-order valence-corrected chi connectivity index (χ2v) is 4.52. The Bertz CT molecular complexity index is 705. The lowest BCUT2D eigenvalue weighted by atomic mass is 10.1. The lowest BCUT2D eigenvalue weighted by Crippen LogP contribution is -2.39. The molecule has 0 unspecified atom stereocenters. The van der Waals surface area contributed by atoms with Crippen LogP contribution < -0.4 is 10.6 Å². The predicted octanol–water partition coefficient (Wildman–Crippen LogP) is 0.407. The van der Waals surface area contributed by atoms with E-state index >= 15 is 0 Å². The number of rotatable bonds is 5. The first-order chi connectivity index (χ1) is 9.99. The minimum atomic E-state index is -1.14. The minimum absolute atomic E-state index is 0.273. The van der Waals surface area contributed by atoms with E-state index in [9.17, 15) is 14.4 Å². The molecule has 2 rings (SSSR count). The highest BCUT2D eigenvalue weighted by Crippen LogP contribution is 2.21. The third kappa shape index (κ3) is 3.38. The van der Waals surface area contributed by atoms with Gasteiger partial charge in [-0.3, -0.25) is 14.4 Å².